The third-order valence-corrected chi connectivity index (χ3v) is 2.91. The lowest BCUT2D eigenvalue weighted by atomic mass is 10.3. The van der Waals surface area contributed by atoms with Crippen molar-refractivity contribution < 1.29 is 4.79 Å². The smallest absolute Gasteiger partial charge is 0.166 e. The van der Waals surface area contributed by atoms with Crippen molar-refractivity contribution in [3.05, 3.63) is 41.9 Å². The summed E-state index contributed by atoms with van der Waals surface area (Å²) in [6.45, 7) is 1.94. The van der Waals surface area contributed by atoms with E-state index in [2.05, 4.69) is 10.1 Å². The number of nitrogens with zero attached hydrogens (tertiary/aromatic N) is 4. The molecule has 0 spiro atoms. The Kier molecular flexibility index (Phi) is 2.26. The second-order valence-electron chi connectivity index (χ2n) is 4.22. The van der Waals surface area contributed by atoms with Gasteiger partial charge >= 0.3 is 0 Å². The maximum Gasteiger partial charge on any atom is 0.166 e. The van der Waals surface area contributed by atoms with Gasteiger partial charge in [0.1, 0.15) is 11.3 Å². The third kappa shape index (κ3) is 1.52. The van der Waals surface area contributed by atoms with E-state index < -0.39 is 0 Å². The maximum absolute atomic E-state index is 11.0. The minimum Gasteiger partial charge on any atom is -0.296 e. The van der Waals surface area contributed by atoms with E-state index in [9.17, 15) is 4.79 Å². The summed E-state index contributed by atoms with van der Waals surface area (Å²) in [5.41, 5.74) is 4.04. The van der Waals surface area contributed by atoms with Crippen molar-refractivity contribution in [3.8, 4) is 11.4 Å². The zero-order valence-corrected chi connectivity index (χ0v) is 10.2. The molecule has 0 aliphatic carbocycles. The van der Waals surface area contributed by atoms with Gasteiger partial charge in [0.15, 0.2) is 6.29 Å². The normalized spacial score (nSPS) is 11.0. The number of hydrogen-bond donors (Lipinski definition) is 0. The average Bonchev–Trinajstić information content (AvgIpc) is 2.91. The number of aromatic nitrogens is 4. The molecular weight excluding hydrogens is 228 g/mol. The zero-order chi connectivity index (χ0) is 12.7. The molecule has 0 fully saturated rings. The second kappa shape index (κ2) is 3.80. The van der Waals surface area contributed by atoms with Gasteiger partial charge in [-0.25, -0.2) is 4.98 Å². The van der Waals surface area contributed by atoms with Crippen LogP contribution in [0.4, 0.5) is 0 Å². The monoisotopic (exact) mass is 240 g/mol. The van der Waals surface area contributed by atoms with Crippen molar-refractivity contribution in [2.24, 2.45) is 7.05 Å². The van der Waals surface area contributed by atoms with Crippen LogP contribution in [0.1, 0.15) is 16.2 Å². The summed E-state index contributed by atoms with van der Waals surface area (Å²) in [5.74, 6) is 0. The number of carbonyl (C=O) groups excluding carboxylic acids is 1. The third-order valence-electron chi connectivity index (χ3n) is 2.91. The van der Waals surface area contributed by atoms with E-state index in [1.165, 1.54) is 0 Å². The minimum atomic E-state index is 0.588. The largest absolute Gasteiger partial charge is 0.296 e. The molecule has 0 N–H and O–H groups in total. The van der Waals surface area contributed by atoms with Crippen molar-refractivity contribution in [1.82, 2.24) is 19.2 Å². The van der Waals surface area contributed by atoms with E-state index in [1.54, 1.807) is 15.1 Å². The highest BCUT2D eigenvalue weighted by Crippen LogP contribution is 2.20. The van der Waals surface area contributed by atoms with Gasteiger partial charge in [-0.3, -0.25) is 13.9 Å². The van der Waals surface area contributed by atoms with Gasteiger partial charge in [-0.2, -0.15) is 5.10 Å². The molecule has 0 amide bonds. The van der Waals surface area contributed by atoms with Crippen LogP contribution in [0.15, 0.2) is 30.5 Å². The number of hydrogen-bond acceptors (Lipinski definition) is 3. The van der Waals surface area contributed by atoms with E-state index in [0.29, 0.717) is 5.69 Å². The van der Waals surface area contributed by atoms with Crippen LogP contribution in [0.5, 0.6) is 0 Å². The molecule has 0 saturated heterocycles. The second-order valence-corrected chi connectivity index (χ2v) is 4.22. The van der Waals surface area contributed by atoms with Gasteiger partial charge in [0.25, 0.3) is 0 Å². The first-order chi connectivity index (χ1) is 8.69. The van der Waals surface area contributed by atoms with Crippen molar-refractivity contribution >= 4 is 11.9 Å². The van der Waals surface area contributed by atoms with Gasteiger partial charge in [-0.05, 0) is 25.1 Å². The molecule has 3 rings (SSSR count). The first-order valence-electron chi connectivity index (χ1n) is 5.63. The first-order valence-corrected chi connectivity index (χ1v) is 5.63. The predicted octanol–water partition coefficient (Wildman–Crippen LogP) is 1.86. The highest BCUT2D eigenvalue weighted by molar-refractivity contribution is 5.75. The predicted molar refractivity (Wildman–Crippen MR) is 67.5 cm³/mol. The fourth-order valence-corrected chi connectivity index (χ4v) is 2.10. The molecule has 5 heteroatoms. The molecule has 0 radical (unpaired) electrons. The van der Waals surface area contributed by atoms with Crippen molar-refractivity contribution in [3.63, 3.8) is 0 Å². The van der Waals surface area contributed by atoms with Gasteiger partial charge in [0.2, 0.25) is 0 Å². The fourth-order valence-electron chi connectivity index (χ4n) is 2.10. The minimum absolute atomic E-state index is 0.588. The maximum atomic E-state index is 11.0. The van der Waals surface area contributed by atoms with Crippen molar-refractivity contribution in [2.75, 3.05) is 0 Å². The highest BCUT2D eigenvalue weighted by Gasteiger charge is 2.10. The van der Waals surface area contributed by atoms with Crippen molar-refractivity contribution in [2.45, 2.75) is 6.92 Å². The highest BCUT2D eigenvalue weighted by atomic mass is 16.1. The van der Waals surface area contributed by atoms with Crippen LogP contribution in [-0.4, -0.2) is 25.5 Å². The Morgan fingerprint density at radius 2 is 2.17 bits per heavy atom. The Hall–Kier alpha value is -2.43. The SMILES string of the molecule is Cc1cc(-c2cn3c(C=O)cccc3n2)n(C)n1. The molecule has 0 aliphatic rings. The number of rotatable bonds is 2. The lowest BCUT2D eigenvalue weighted by molar-refractivity contribution is 0.111. The number of fused-ring (bicyclic) bond motifs is 1. The molecule has 0 saturated carbocycles. The lowest BCUT2D eigenvalue weighted by Gasteiger charge is -1.95. The molecule has 18 heavy (non-hydrogen) atoms. The number of carbonyl (C=O) groups is 1. The van der Waals surface area contributed by atoms with Gasteiger partial charge in [0.05, 0.1) is 17.1 Å². The molecule has 0 aliphatic heterocycles. The summed E-state index contributed by atoms with van der Waals surface area (Å²) in [5, 5.41) is 4.30. The van der Waals surface area contributed by atoms with Gasteiger partial charge in [-0.15, -0.1) is 0 Å². The van der Waals surface area contributed by atoms with Gasteiger partial charge in [-0.1, -0.05) is 6.07 Å². The molecule has 5 nitrogen and oxygen atoms in total. The van der Waals surface area contributed by atoms with Gasteiger partial charge in [0, 0.05) is 13.2 Å². The van der Waals surface area contributed by atoms with E-state index in [1.807, 2.05) is 38.4 Å². The summed E-state index contributed by atoms with van der Waals surface area (Å²) >= 11 is 0. The molecule has 0 aromatic carbocycles. The Labute approximate surface area is 104 Å². The van der Waals surface area contributed by atoms with Crippen LogP contribution in [0.3, 0.4) is 0 Å². The molecule has 0 atom stereocenters. The van der Waals surface area contributed by atoms with Crippen LogP contribution in [0.25, 0.3) is 17.0 Å². The number of aldehydes is 1. The summed E-state index contributed by atoms with van der Waals surface area (Å²) in [4.78, 5) is 15.5. The van der Waals surface area contributed by atoms with Crippen molar-refractivity contribution in [1.29, 1.82) is 0 Å². The van der Waals surface area contributed by atoms with E-state index in [4.69, 9.17) is 0 Å². The average molecular weight is 240 g/mol. The molecule has 3 heterocycles. The van der Waals surface area contributed by atoms with Crippen LogP contribution >= 0.6 is 0 Å². The Bertz CT molecular complexity index is 739. The first kappa shape index (κ1) is 10.7. The van der Waals surface area contributed by atoms with Gasteiger partial charge < -0.3 is 0 Å². The molecule has 3 aromatic heterocycles. The van der Waals surface area contributed by atoms with E-state index in [0.717, 1.165) is 29.0 Å². The Morgan fingerprint density at radius 3 is 2.83 bits per heavy atom. The molecule has 0 unspecified atom stereocenters. The zero-order valence-electron chi connectivity index (χ0n) is 10.2. The van der Waals surface area contributed by atoms with E-state index >= 15 is 0 Å². The standard InChI is InChI=1S/C13H12N4O/c1-9-6-12(16(2)15-9)11-7-17-10(8-18)4-3-5-13(17)14-11/h3-8H,1-2H3. The Balaban J connectivity index is 2.25. The van der Waals surface area contributed by atoms with E-state index in [-0.39, 0.29) is 0 Å². The molecule has 90 valence electrons. The van der Waals surface area contributed by atoms with Crippen LogP contribution in [0.2, 0.25) is 0 Å². The number of imidazole rings is 1. The topological polar surface area (TPSA) is 52.2 Å². The molecule has 3 aromatic rings. The van der Waals surface area contributed by atoms with Crippen LogP contribution < -0.4 is 0 Å². The number of pyridine rings is 1. The Morgan fingerprint density at radius 1 is 1.33 bits per heavy atom. The fraction of sp³-hybridized carbons (Fsp3) is 0.154. The molecular formula is C13H12N4O. The van der Waals surface area contributed by atoms with Crippen LogP contribution in [0, 0.1) is 6.92 Å². The quantitative estimate of drug-likeness (QED) is 0.642. The summed E-state index contributed by atoms with van der Waals surface area (Å²) < 4.78 is 3.57. The van der Waals surface area contributed by atoms with Crippen LogP contribution in [-0.2, 0) is 7.05 Å². The summed E-state index contributed by atoms with van der Waals surface area (Å²) in [6, 6.07) is 7.44. The summed E-state index contributed by atoms with van der Waals surface area (Å²) in [7, 11) is 1.88. The summed E-state index contributed by atoms with van der Waals surface area (Å²) in [6.07, 6.45) is 2.68. The lowest BCUT2D eigenvalue weighted by Crippen LogP contribution is -1.93. The number of aryl methyl sites for hydroxylation is 2. The molecule has 0 bridgehead atoms.